The van der Waals surface area contributed by atoms with E-state index in [9.17, 15) is 9.59 Å². The van der Waals surface area contributed by atoms with E-state index in [4.69, 9.17) is 10.2 Å². The van der Waals surface area contributed by atoms with Crippen LogP contribution >= 0.6 is 11.8 Å². The van der Waals surface area contributed by atoms with Crippen molar-refractivity contribution in [3.63, 3.8) is 0 Å². The molecule has 5 N–H and O–H groups in total. The van der Waals surface area contributed by atoms with Crippen LogP contribution in [0.15, 0.2) is 17.0 Å². The topological polar surface area (TPSA) is 124 Å². The molecule has 1 aromatic rings. The van der Waals surface area contributed by atoms with Crippen molar-refractivity contribution in [1.82, 2.24) is 15.6 Å². The third kappa shape index (κ3) is 4.92. The highest BCUT2D eigenvalue weighted by atomic mass is 32.2. The Labute approximate surface area is 113 Å². The van der Waals surface area contributed by atoms with Crippen molar-refractivity contribution in [2.45, 2.75) is 18.1 Å². The van der Waals surface area contributed by atoms with Gasteiger partial charge in [-0.15, -0.1) is 11.8 Å². The summed E-state index contributed by atoms with van der Waals surface area (Å²) in [6.45, 7) is 1.81. The number of aromatic nitrogens is 1. The van der Waals surface area contributed by atoms with Gasteiger partial charge in [0.2, 0.25) is 0 Å². The minimum Gasteiger partial charge on any atom is -0.465 e. The molecule has 1 aromatic heterocycles. The Bertz CT molecular complexity index is 467. The number of nitrogens with zero attached hydrogens (tertiary/aromatic N) is 1. The molecule has 0 radical (unpaired) electrons. The van der Waals surface area contributed by atoms with Crippen molar-refractivity contribution in [2.75, 3.05) is 11.6 Å². The van der Waals surface area contributed by atoms with Crippen molar-refractivity contribution < 1.29 is 19.8 Å². The van der Waals surface area contributed by atoms with Crippen molar-refractivity contribution >= 4 is 29.8 Å². The van der Waals surface area contributed by atoms with Crippen LogP contribution in [0.2, 0.25) is 0 Å². The zero-order valence-electron chi connectivity index (χ0n) is 10.3. The average molecular weight is 286 g/mol. The summed E-state index contributed by atoms with van der Waals surface area (Å²) in [6, 6.07) is 3.45. The number of rotatable bonds is 5. The van der Waals surface area contributed by atoms with Crippen molar-refractivity contribution in [3.8, 4) is 0 Å². The maximum atomic E-state index is 10.5. The molecule has 0 atom stereocenters. The summed E-state index contributed by atoms with van der Waals surface area (Å²) in [5.41, 5.74) is 0.766. The number of carbonyl (C=O) groups is 2. The molecular formula is C10H14N4O4S. The minimum atomic E-state index is -1.36. The fourth-order valence-corrected chi connectivity index (χ4v) is 1.89. The molecule has 2 amide bonds. The third-order valence-corrected chi connectivity index (χ3v) is 2.96. The van der Waals surface area contributed by atoms with Gasteiger partial charge in [0.05, 0.1) is 5.69 Å². The van der Waals surface area contributed by atoms with Gasteiger partial charge in [0.15, 0.2) is 6.29 Å². The van der Waals surface area contributed by atoms with E-state index in [1.54, 1.807) is 13.0 Å². The van der Waals surface area contributed by atoms with Crippen LogP contribution in [0.5, 0.6) is 0 Å². The molecule has 0 aromatic carbocycles. The zero-order valence-corrected chi connectivity index (χ0v) is 11.1. The fraction of sp³-hybridized carbons (Fsp3) is 0.300. The molecule has 0 saturated carbocycles. The summed E-state index contributed by atoms with van der Waals surface area (Å²) >= 11 is 1.53. The van der Waals surface area contributed by atoms with E-state index in [1.807, 2.05) is 23.0 Å². The van der Waals surface area contributed by atoms with Gasteiger partial charge in [0.1, 0.15) is 5.82 Å². The van der Waals surface area contributed by atoms with Gasteiger partial charge in [-0.25, -0.2) is 14.6 Å². The van der Waals surface area contributed by atoms with Crippen molar-refractivity contribution in [1.29, 1.82) is 0 Å². The van der Waals surface area contributed by atoms with Crippen LogP contribution in [0.25, 0.3) is 0 Å². The van der Waals surface area contributed by atoms with Crippen LogP contribution in [-0.4, -0.2) is 39.9 Å². The first-order valence-electron chi connectivity index (χ1n) is 5.19. The molecule has 8 nitrogen and oxygen atoms in total. The van der Waals surface area contributed by atoms with Gasteiger partial charge in [0, 0.05) is 4.90 Å². The number of carboxylic acid groups (broad SMARTS) is 2. The maximum Gasteiger partial charge on any atom is 0.407 e. The molecule has 104 valence electrons. The van der Waals surface area contributed by atoms with Gasteiger partial charge < -0.3 is 15.5 Å². The molecule has 0 aliphatic rings. The Balaban J connectivity index is 2.80. The Morgan fingerprint density at radius 3 is 2.26 bits per heavy atom. The molecule has 0 spiro atoms. The summed E-state index contributed by atoms with van der Waals surface area (Å²) in [6.07, 6.45) is -1.98. The van der Waals surface area contributed by atoms with Gasteiger partial charge in [-0.1, -0.05) is 0 Å². The highest BCUT2D eigenvalue weighted by Gasteiger charge is 2.14. The number of nitrogens with one attached hydrogen (secondary N) is 3. The van der Waals surface area contributed by atoms with Gasteiger partial charge in [0.25, 0.3) is 0 Å². The number of hydrogen-bond donors (Lipinski definition) is 5. The van der Waals surface area contributed by atoms with Gasteiger partial charge in [-0.3, -0.25) is 10.6 Å². The summed E-state index contributed by atoms with van der Waals surface area (Å²) in [5, 5.41) is 23.8. The lowest BCUT2D eigenvalue weighted by Crippen LogP contribution is -2.52. The monoisotopic (exact) mass is 286 g/mol. The van der Waals surface area contributed by atoms with Crippen LogP contribution < -0.4 is 16.0 Å². The number of pyridine rings is 1. The normalized spacial score (nSPS) is 10.1. The second kappa shape index (κ2) is 6.69. The highest BCUT2D eigenvalue weighted by Crippen LogP contribution is 2.19. The molecular weight excluding hydrogens is 272 g/mol. The molecule has 0 aliphatic heterocycles. The van der Waals surface area contributed by atoms with Crippen LogP contribution in [0.3, 0.4) is 0 Å². The molecule has 0 bridgehead atoms. The van der Waals surface area contributed by atoms with E-state index in [1.165, 1.54) is 11.8 Å². The number of thioether (sulfide) groups is 1. The molecule has 0 aliphatic carbocycles. The van der Waals surface area contributed by atoms with Crippen molar-refractivity contribution in [3.05, 3.63) is 17.8 Å². The highest BCUT2D eigenvalue weighted by molar-refractivity contribution is 7.98. The molecule has 0 fully saturated rings. The van der Waals surface area contributed by atoms with E-state index in [0.717, 1.165) is 10.6 Å². The van der Waals surface area contributed by atoms with Crippen LogP contribution in [-0.2, 0) is 0 Å². The largest absolute Gasteiger partial charge is 0.465 e. The minimum absolute atomic E-state index is 0.364. The van der Waals surface area contributed by atoms with Crippen LogP contribution in [0.4, 0.5) is 15.4 Å². The van der Waals surface area contributed by atoms with Gasteiger partial charge >= 0.3 is 12.2 Å². The molecule has 0 unspecified atom stereocenters. The van der Waals surface area contributed by atoms with E-state index >= 15 is 0 Å². The Kier molecular flexibility index (Phi) is 5.24. The smallest absolute Gasteiger partial charge is 0.407 e. The SMILES string of the molecule is CSc1ccc(NC(NC(=O)O)NC(=O)O)nc1C. The number of aryl methyl sites for hydroxylation is 1. The van der Waals surface area contributed by atoms with Crippen LogP contribution in [0.1, 0.15) is 5.69 Å². The predicted octanol–water partition coefficient (Wildman–Crippen LogP) is 1.34. The molecule has 9 heteroatoms. The predicted molar refractivity (Wildman–Crippen MR) is 70.5 cm³/mol. The maximum absolute atomic E-state index is 10.5. The van der Waals surface area contributed by atoms with E-state index in [-0.39, 0.29) is 0 Å². The number of amides is 2. The van der Waals surface area contributed by atoms with E-state index in [0.29, 0.717) is 5.82 Å². The van der Waals surface area contributed by atoms with Crippen LogP contribution in [0, 0.1) is 6.92 Å². The number of hydrogen-bond acceptors (Lipinski definition) is 5. The van der Waals surface area contributed by atoms with Gasteiger partial charge in [-0.2, -0.15) is 0 Å². The Hall–Kier alpha value is -2.16. The molecule has 19 heavy (non-hydrogen) atoms. The first kappa shape index (κ1) is 14.9. The lowest BCUT2D eigenvalue weighted by molar-refractivity contribution is 0.179. The molecule has 1 heterocycles. The lowest BCUT2D eigenvalue weighted by Gasteiger charge is -2.19. The first-order chi connectivity index (χ1) is 8.92. The Morgan fingerprint density at radius 1 is 1.26 bits per heavy atom. The average Bonchev–Trinajstić information content (AvgIpc) is 2.27. The zero-order chi connectivity index (χ0) is 14.4. The second-order valence-electron chi connectivity index (χ2n) is 3.46. The van der Waals surface area contributed by atoms with E-state index in [2.05, 4.69) is 10.3 Å². The van der Waals surface area contributed by atoms with Gasteiger partial charge in [-0.05, 0) is 25.3 Å². The van der Waals surface area contributed by atoms with E-state index < -0.39 is 18.5 Å². The second-order valence-corrected chi connectivity index (χ2v) is 4.31. The summed E-state index contributed by atoms with van der Waals surface area (Å²) in [7, 11) is 0. The Morgan fingerprint density at radius 2 is 1.84 bits per heavy atom. The molecule has 1 rings (SSSR count). The standard InChI is InChI=1S/C10H14N4O4S/c1-5-6(19-2)3-4-7(11-5)12-8(13-9(15)16)14-10(17)18/h3-4,8,13-14H,1-2H3,(H,11,12)(H,15,16)(H,17,18). The first-order valence-corrected chi connectivity index (χ1v) is 6.42. The third-order valence-electron chi connectivity index (χ3n) is 2.09. The number of anilines is 1. The van der Waals surface area contributed by atoms with Crippen molar-refractivity contribution in [2.24, 2.45) is 0 Å². The molecule has 0 saturated heterocycles. The summed E-state index contributed by atoms with van der Waals surface area (Å²) < 4.78 is 0. The summed E-state index contributed by atoms with van der Waals surface area (Å²) in [5.74, 6) is 0.364. The fourth-order valence-electron chi connectivity index (χ4n) is 1.35. The lowest BCUT2D eigenvalue weighted by atomic mass is 10.3. The quantitative estimate of drug-likeness (QED) is 0.409. The summed E-state index contributed by atoms with van der Waals surface area (Å²) in [4.78, 5) is 26.3.